The van der Waals surface area contributed by atoms with Crippen LogP contribution in [0.3, 0.4) is 0 Å². The Morgan fingerprint density at radius 2 is 1.41 bits per heavy atom. The second-order valence-electron chi connectivity index (χ2n) is 4.74. The molecule has 4 heteroatoms. The van der Waals surface area contributed by atoms with E-state index in [9.17, 15) is 5.11 Å². The molecule has 4 nitrogen and oxygen atoms in total. The Labute approximate surface area is 129 Å². The average molecular weight is 294 g/mol. The molecule has 1 unspecified atom stereocenters. The lowest BCUT2D eigenvalue weighted by Gasteiger charge is -2.18. The quantitative estimate of drug-likeness (QED) is 0.798. The maximum absolute atomic E-state index is 9.95. The lowest BCUT2D eigenvalue weighted by molar-refractivity contribution is 0.0933. The number of aliphatic hydroxyl groups excluding tert-OH is 1. The molecule has 1 atom stereocenters. The summed E-state index contributed by atoms with van der Waals surface area (Å²) in [5, 5.41) is 26.9. The van der Waals surface area contributed by atoms with Gasteiger partial charge >= 0.3 is 0 Å². The first-order valence-electron chi connectivity index (χ1n) is 6.97. The minimum absolute atomic E-state index is 0.139. The predicted octanol–water partition coefficient (Wildman–Crippen LogP) is 4.55. The summed E-state index contributed by atoms with van der Waals surface area (Å²) in [6.45, 7) is 0. The molecule has 0 fully saturated rings. The highest BCUT2D eigenvalue weighted by Crippen LogP contribution is 2.23. The highest BCUT2D eigenvalue weighted by Gasteiger charge is 2.24. The van der Waals surface area contributed by atoms with Gasteiger partial charge in [0.2, 0.25) is 0 Å². The minimum atomic E-state index is -1.35. The van der Waals surface area contributed by atoms with Gasteiger partial charge in [0.15, 0.2) is 5.72 Å². The highest BCUT2D eigenvalue weighted by atomic mass is 16.3. The van der Waals surface area contributed by atoms with Crippen LogP contribution in [0.2, 0.25) is 0 Å². The maximum atomic E-state index is 9.95. The molecule has 2 N–H and O–H groups in total. The van der Waals surface area contributed by atoms with Gasteiger partial charge in [-0.05, 0) is 30.4 Å². The molecule has 0 radical (unpaired) electrons. The van der Waals surface area contributed by atoms with Crippen molar-refractivity contribution >= 4 is 5.69 Å². The third-order valence-electron chi connectivity index (χ3n) is 2.89. The fourth-order valence-electron chi connectivity index (χ4n) is 1.71. The Hall–Kier alpha value is -2.72. The van der Waals surface area contributed by atoms with Gasteiger partial charge in [-0.3, -0.25) is 0 Å². The van der Waals surface area contributed by atoms with Crippen LogP contribution in [0.4, 0.5) is 5.69 Å². The Morgan fingerprint density at radius 1 is 0.864 bits per heavy atom. The van der Waals surface area contributed by atoms with Crippen molar-refractivity contribution in [2.45, 2.75) is 12.1 Å². The van der Waals surface area contributed by atoms with E-state index in [0.717, 1.165) is 0 Å². The van der Waals surface area contributed by atoms with Gasteiger partial charge in [0.05, 0.1) is 5.69 Å². The molecular formula is C18H18N2O2. The fourth-order valence-corrected chi connectivity index (χ4v) is 1.71. The van der Waals surface area contributed by atoms with Crippen molar-refractivity contribution in [2.75, 3.05) is 0 Å². The van der Waals surface area contributed by atoms with Crippen LogP contribution >= 0.6 is 0 Å². The predicted molar refractivity (Wildman–Crippen MR) is 86.8 cm³/mol. The topological polar surface area (TPSA) is 65.2 Å². The van der Waals surface area contributed by atoms with E-state index in [1.165, 1.54) is 18.2 Å². The lowest BCUT2D eigenvalue weighted by atomic mass is 10.1. The van der Waals surface area contributed by atoms with Crippen LogP contribution in [0.1, 0.15) is 6.42 Å². The van der Waals surface area contributed by atoms with Gasteiger partial charge < -0.3 is 10.2 Å². The summed E-state index contributed by atoms with van der Waals surface area (Å²) >= 11 is 0. The smallest absolute Gasteiger partial charge is 0.199 e. The number of aliphatic hydroxyl groups is 2. The molecule has 1 aliphatic carbocycles. The molecule has 0 saturated heterocycles. The highest BCUT2D eigenvalue weighted by molar-refractivity contribution is 5.35. The van der Waals surface area contributed by atoms with Gasteiger partial charge in [0.1, 0.15) is 5.76 Å². The van der Waals surface area contributed by atoms with E-state index in [1.807, 2.05) is 54.6 Å². The van der Waals surface area contributed by atoms with Crippen LogP contribution in [0, 0.1) is 0 Å². The average Bonchev–Trinajstić information content (AvgIpc) is 2.59. The van der Waals surface area contributed by atoms with E-state index in [4.69, 9.17) is 5.11 Å². The monoisotopic (exact) mass is 294 g/mol. The first-order valence-corrected chi connectivity index (χ1v) is 6.97. The zero-order chi connectivity index (χ0) is 15.7. The van der Waals surface area contributed by atoms with Crippen LogP contribution < -0.4 is 0 Å². The van der Waals surface area contributed by atoms with Crippen molar-refractivity contribution in [3.63, 3.8) is 0 Å². The van der Waals surface area contributed by atoms with Crippen molar-refractivity contribution in [1.29, 1.82) is 0 Å². The Morgan fingerprint density at radius 3 is 1.91 bits per heavy atom. The summed E-state index contributed by atoms with van der Waals surface area (Å²) in [7, 11) is 0. The number of hydrogen-bond acceptors (Lipinski definition) is 4. The second-order valence-corrected chi connectivity index (χ2v) is 4.74. The van der Waals surface area contributed by atoms with Crippen LogP contribution in [0.5, 0.6) is 0 Å². The normalized spacial score (nSPS) is 20.1. The summed E-state index contributed by atoms with van der Waals surface area (Å²) in [6, 6.07) is 21.2. The van der Waals surface area contributed by atoms with Crippen LogP contribution in [0.25, 0.3) is 0 Å². The van der Waals surface area contributed by atoms with E-state index < -0.39 is 5.72 Å². The standard InChI is InChI=1S/C12H12N2O2.C6H6/c15-11-6-8-12(16,9-7-11)14-13-10-4-2-1-3-5-10;1-2-4-6-5-3-1/h1-8,15-16H,9H2;1-6H/b14-13+;. The SMILES string of the molecule is OC1=CCC(O)(/N=N/c2ccccc2)C=C1.c1ccccc1. The molecule has 0 heterocycles. The number of allylic oxidation sites excluding steroid dienone is 1. The van der Waals surface area contributed by atoms with Crippen LogP contribution in [0.15, 0.2) is 101 Å². The summed E-state index contributed by atoms with van der Waals surface area (Å²) in [6.07, 6.45) is 4.57. The lowest BCUT2D eigenvalue weighted by Crippen LogP contribution is -2.23. The first-order chi connectivity index (χ1) is 10.7. The van der Waals surface area contributed by atoms with E-state index in [1.54, 1.807) is 12.1 Å². The Balaban J connectivity index is 0.000000246. The Kier molecular flexibility index (Phi) is 5.63. The zero-order valence-corrected chi connectivity index (χ0v) is 12.1. The van der Waals surface area contributed by atoms with E-state index in [-0.39, 0.29) is 12.2 Å². The van der Waals surface area contributed by atoms with Crippen molar-refractivity contribution in [2.24, 2.45) is 10.2 Å². The molecule has 0 aromatic heterocycles. The van der Waals surface area contributed by atoms with Gasteiger partial charge in [-0.25, -0.2) is 0 Å². The van der Waals surface area contributed by atoms with E-state index in [2.05, 4.69) is 10.2 Å². The number of azo groups is 1. The molecule has 2 aromatic carbocycles. The van der Waals surface area contributed by atoms with Crippen molar-refractivity contribution in [1.82, 2.24) is 0 Å². The minimum Gasteiger partial charge on any atom is -0.508 e. The molecule has 112 valence electrons. The molecule has 3 rings (SSSR count). The molecule has 1 aliphatic rings. The van der Waals surface area contributed by atoms with Crippen LogP contribution in [-0.2, 0) is 0 Å². The van der Waals surface area contributed by atoms with Gasteiger partial charge in [0.25, 0.3) is 0 Å². The molecular weight excluding hydrogens is 276 g/mol. The van der Waals surface area contributed by atoms with Crippen LogP contribution in [-0.4, -0.2) is 15.9 Å². The number of rotatable bonds is 2. The van der Waals surface area contributed by atoms with Crippen molar-refractivity contribution < 1.29 is 10.2 Å². The molecule has 2 aromatic rings. The third-order valence-corrected chi connectivity index (χ3v) is 2.89. The largest absolute Gasteiger partial charge is 0.508 e. The van der Waals surface area contributed by atoms with E-state index >= 15 is 0 Å². The number of nitrogens with zero attached hydrogens (tertiary/aromatic N) is 2. The van der Waals surface area contributed by atoms with Crippen molar-refractivity contribution in [3.05, 3.63) is 90.7 Å². The molecule has 22 heavy (non-hydrogen) atoms. The summed E-state index contributed by atoms with van der Waals surface area (Å²) in [5.74, 6) is 0.139. The Bertz CT molecular complexity index is 625. The van der Waals surface area contributed by atoms with Gasteiger partial charge in [-0.15, -0.1) is 5.11 Å². The number of hydrogen-bond donors (Lipinski definition) is 2. The maximum Gasteiger partial charge on any atom is 0.199 e. The molecule has 0 saturated carbocycles. The summed E-state index contributed by atoms with van der Waals surface area (Å²) in [4.78, 5) is 0. The fraction of sp³-hybridized carbons (Fsp3) is 0.111. The molecule has 0 bridgehead atoms. The van der Waals surface area contributed by atoms with Crippen molar-refractivity contribution in [3.8, 4) is 0 Å². The zero-order valence-electron chi connectivity index (χ0n) is 12.1. The summed E-state index contributed by atoms with van der Waals surface area (Å²) in [5.41, 5.74) is -0.662. The van der Waals surface area contributed by atoms with Gasteiger partial charge in [-0.2, -0.15) is 5.11 Å². The molecule has 0 spiro atoms. The van der Waals surface area contributed by atoms with Gasteiger partial charge in [0, 0.05) is 6.42 Å². The van der Waals surface area contributed by atoms with E-state index in [0.29, 0.717) is 5.69 Å². The van der Waals surface area contributed by atoms with Gasteiger partial charge in [-0.1, -0.05) is 54.6 Å². The molecule has 0 amide bonds. The molecule has 0 aliphatic heterocycles. The summed E-state index contributed by atoms with van der Waals surface area (Å²) < 4.78 is 0. The first kappa shape index (κ1) is 15.7. The number of benzene rings is 2. The second kappa shape index (κ2) is 7.90. The third kappa shape index (κ3) is 5.34.